The largest absolute Gasteiger partial charge is 0.494 e. The Morgan fingerprint density at radius 3 is 2.75 bits per heavy atom. The molecule has 0 radical (unpaired) electrons. The average molecular weight is 412 g/mol. The van der Waals surface area contributed by atoms with E-state index >= 15 is 0 Å². The molecule has 2 aromatic rings. The molecule has 0 aliphatic carbocycles. The van der Waals surface area contributed by atoms with Crippen molar-refractivity contribution in [3.8, 4) is 17.1 Å². The van der Waals surface area contributed by atoms with E-state index < -0.39 is 29.6 Å². The number of aromatic carboxylic acids is 1. The summed E-state index contributed by atoms with van der Waals surface area (Å²) in [6.07, 6.45) is 0.126. The number of carbonyl (C=O) groups is 3. The lowest BCUT2D eigenvalue weighted by molar-refractivity contribution is -0.119. The topological polar surface area (TPSA) is 130 Å². The number of halogens is 2. The van der Waals surface area contributed by atoms with Crippen molar-refractivity contribution >= 4 is 35.2 Å². The number of carboxylic acid groups (broad SMARTS) is 1. The number of carboxylic acids is 1. The molecule has 2 heterocycles. The van der Waals surface area contributed by atoms with Crippen LogP contribution in [0.5, 0.6) is 5.75 Å². The quantitative estimate of drug-likeness (QED) is 0.598. The van der Waals surface area contributed by atoms with Gasteiger partial charge in [-0.05, 0) is 12.1 Å². The summed E-state index contributed by atoms with van der Waals surface area (Å²) in [6, 6.07) is 2.38. The van der Waals surface area contributed by atoms with Gasteiger partial charge in [-0.15, -0.1) is 0 Å². The highest BCUT2D eigenvalue weighted by Crippen LogP contribution is 2.37. The molecule has 1 aromatic carbocycles. The van der Waals surface area contributed by atoms with Crippen LogP contribution in [0, 0.1) is 5.82 Å². The molecule has 0 spiro atoms. The Balaban J connectivity index is 1.87. The first-order valence-electron chi connectivity index (χ1n) is 8.03. The van der Waals surface area contributed by atoms with Gasteiger partial charge in [-0.25, -0.2) is 14.0 Å². The summed E-state index contributed by atoms with van der Waals surface area (Å²) in [4.78, 5) is 34.8. The fourth-order valence-electron chi connectivity index (χ4n) is 2.70. The van der Waals surface area contributed by atoms with Gasteiger partial charge in [0.05, 0.1) is 23.9 Å². The number of hydrogen-bond acceptors (Lipinski definition) is 5. The zero-order valence-electron chi connectivity index (χ0n) is 14.5. The number of hydrogen-bond donors (Lipinski definition) is 4. The fourth-order valence-corrected chi connectivity index (χ4v) is 2.94. The van der Waals surface area contributed by atoms with Gasteiger partial charge < -0.3 is 30.2 Å². The maximum Gasteiger partial charge on any atom is 0.374 e. The first-order chi connectivity index (χ1) is 13.3. The predicted octanol–water partition coefficient (Wildman–Crippen LogP) is 2.46. The third-order valence-corrected chi connectivity index (χ3v) is 4.31. The van der Waals surface area contributed by atoms with Crippen LogP contribution in [0.1, 0.15) is 17.0 Å². The highest BCUT2D eigenvalue weighted by Gasteiger charge is 2.26. The molecule has 28 heavy (non-hydrogen) atoms. The number of amides is 3. The molecule has 0 unspecified atom stereocenters. The van der Waals surface area contributed by atoms with E-state index in [9.17, 15) is 23.9 Å². The number of nitrogens with one attached hydrogen (secondary N) is 3. The Kier molecular flexibility index (Phi) is 5.41. The normalized spacial score (nSPS) is 15.8. The second kappa shape index (κ2) is 7.77. The number of carbonyl (C=O) groups excluding carboxylic acids is 2. The summed E-state index contributed by atoms with van der Waals surface area (Å²) >= 11 is 6.03. The van der Waals surface area contributed by atoms with E-state index in [4.69, 9.17) is 20.8 Å². The minimum absolute atomic E-state index is 0.00582. The van der Waals surface area contributed by atoms with Gasteiger partial charge in [-0.3, -0.25) is 4.79 Å². The molecule has 1 aliphatic rings. The lowest BCUT2D eigenvalue weighted by Crippen LogP contribution is -2.39. The third kappa shape index (κ3) is 4.01. The van der Waals surface area contributed by atoms with Gasteiger partial charge in [-0.1, -0.05) is 11.6 Å². The van der Waals surface area contributed by atoms with E-state index in [0.29, 0.717) is 0 Å². The van der Waals surface area contributed by atoms with Crippen LogP contribution < -0.4 is 20.7 Å². The Morgan fingerprint density at radius 2 is 2.14 bits per heavy atom. The first-order valence-corrected chi connectivity index (χ1v) is 8.41. The van der Waals surface area contributed by atoms with Gasteiger partial charge in [0.2, 0.25) is 11.7 Å². The maximum atomic E-state index is 13.7. The molecule has 1 saturated heterocycles. The highest BCUT2D eigenvalue weighted by atomic mass is 35.5. The Hall–Kier alpha value is -3.27. The second-order valence-corrected chi connectivity index (χ2v) is 6.34. The zero-order valence-corrected chi connectivity index (χ0v) is 15.2. The van der Waals surface area contributed by atoms with E-state index in [-0.39, 0.29) is 46.7 Å². The van der Waals surface area contributed by atoms with Crippen molar-refractivity contribution in [2.24, 2.45) is 0 Å². The van der Waals surface area contributed by atoms with Crippen molar-refractivity contribution in [1.82, 2.24) is 10.6 Å². The predicted molar refractivity (Wildman–Crippen MR) is 96.2 cm³/mol. The van der Waals surface area contributed by atoms with Crippen LogP contribution in [0.4, 0.5) is 14.9 Å². The van der Waals surface area contributed by atoms with Crippen LogP contribution >= 0.6 is 11.6 Å². The lowest BCUT2D eigenvalue weighted by Gasteiger charge is -2.10. The third-order valence-electron chi connectivity index (χ3n) is 3.99. The standard InChI is InChI=1S/C17H15ClFN3O6/c1-27-13-3-8(9(18)4-10(13)19)12-5-11(15(28-12)16(24)25)22-17(26)21-7-2-14(23)20-6-7/h3-5,7H,2,6H2,1H3,(H,20,23)(H,24,25)(H2,21,22,26)/t7-/m1/s1. The van der Waals surface area contributed by atoms with Crippen molar-refractivity contribution in [3.05, 3.63) is 34.8 Å². The van der Waals surface area contributed by atoms with E-state index in [1.165, 1.54) is 19.2 Å². The average Bonchev–Trinajstić information content (AvgIpc) is 3.21. The smallest absolute Gasteiger partial charge is 0.374 e. The molecule has 1 aliphatic heterocycles. The number of rotatable bonds is 5. The molecular weight excluding hydrogens is 397 g/mol. The van der Waals surface area contributed by atoms with Crippen LogP contribution in [0.25, 0.3) is 11.3 Å². The van der Waals surface area contributed by atoms with Crippen LogP contribution in [0.3, 0.4) is 0 Å². The molecule has 4 N–H and O–H groups in total. The van der Waals surface area contributed by atoms with Crippen molar-refractivity contribution in [1.29, 1.82) is 0 Å². The van der Waals surface area contributed by atoms with Gasteiger partial charge in [0, 0.05) is 24.6 Å². The minimum atomic E-state index is -1.43. The molecule has 9 nitrogen and oxygen atoms in total. The van der Waals surface area contributed by atoms with Gasteiger partial charge in [0.15, 0.2) is 11.6 Å². The van der Waals surface area contributed by atoms with Gasteiger partial charge in [0.25, 0.3) is 0 Å². The molecule has 1 aromatic heterocycles. The van der Waals surface area contributed by atoms with E-state index in [1.807, 2.05) is 0 Å². The highest BCUT2D eigenvalue weighted by molar-refractivity contribution is 6.33. The molecule has 11 heteroatoms. The molecule has 3 rings (SSSR count). The summed E-state index contributed by atoms with van der Waals surface area (Å²) in [5.41, 5.74) is 0.0538. The molecular formula is C17H15ClFN3O6. The SMILES string of the molecule is COc1cc(-c2cc(NC(=O)N[C@H]3CNC(=O)C3)c(C(=O)O)o2)c(Cl)cc1F. The monoisotopic (exact) mass is 411 g/mol. The van der Waals surface area contributed by atoms with Crippen LogP contribution in [0.15, 0.2) is 22.6 Å². The van der Waals surface area contributed by atoms with E-state index in [0.717, 1.165) is 6.07 Å². The molecule has 0 saturated carbocycles. The van der Waals surface area contributed by atoms with E-state index in [1.54, 1.807) is 0 Å². The zero-order chi connectivity index (χ0) is 20.4. The first kappa shape index (κ1) is 19.5. The van der Waals surface area contributed by atoms with Crippen LogP contribution in [0.2, 0.25) is 5.02 Å². The molecule has 1 fully saturated rings. The number of urea groups is 1. The summed E-state index contributed by atoms with van der Waals surface area (Å²) in [7, 11) is 1.26. The summed E-state index contributed by atoms with van der Waals surface area (Å²) in [5, 5.41) is 16.8. The van der Waals surface area contributed by atoms with Crippen LogP contribution in [-0.2, 0) is 4.79 Å². The maximum absolute atomic E-state index is 13.7. The van der Waals surface area contributed by atoms with Crippen molar-refractivity contribution < 1.29 is 33.0 Å². The van der Waals surface area contributed by atoms with Crippen LogP contribution in [-0.4, -0.2) is 42.7 Å². The van der Waals surface area contributed by atoms with E-state index in [2.05, 4.69) is 16.0 Å². The summed E-state index contributed by atoms with van der Waals surface area (Å²) < 4.78 is 23.9. The van der Waals surface area contributed by atoms with Crippen molar-refractivity contribution in [2.45, 2.75) is 12.5 Å². The number of methoxy groups -OCH3 is 1. The summed E-state index contributed by atoms with van der Waals surface area (Å²) in [6.45, 7) is 0.277. The molecule has 148 valence electrons. The molecule has 3 amide bonds. The van der Waals surface area contributed by atoms with Gasteiger partial charge in [-0.2, -0.15) is 0 Å². The molecule has 1 atom stereocenters. The minimum Gasteiger partial charge on any atom is -0.494 e. The van der Waals surface area contributed by atoms with Gasteiger partial charge >= 0.3 is 12.0 Å². The lowest BCUT2D eigenvalue weighted by atomic mass is 10.1. The Bertz CT molecular complexity index is 961. The molecule has 0 bridgehead atoms. The Morgan fingerprint density at radius 1 is 1.39 bits per heavy atom. The number of benzene rings is 1. The number of ether oxygens (including phenoxy) is 1. The van der Waals surface area contributed by atoms with Gasteiger partial charge in [0.1, 0.15) is 5.76 Å². The number of furan rings is 1. The second-order valence-electron chi connectivity index (χ2n) is 5.93. The summed E-state index contributed by atoms with van der Waals surface area (Å²) in [5.74, 6) is -2.97. The number of anilines is 1. The Labute approximate surface area is 162 Å². The van der Waals surface area contributed by atoms with Crippen molar-refractivity contribution in [3.63, 3.8) is 0 Å². The van der Waals surface area contributed by atoms with Crippen molar-refractivity contribution in [2.75, 3.05) is 19.0 Å². The fraction of sp³-hybridized carbons (Fsp3) is 0.235.